The molecule has 25 heavy (non-hydrogen) atoms. The summed E-state index contributed by atoms with van der Waals surface area (Å²) in [4.78, 5) is 7.77. The van der Waals surface area contributed by atoms with Gasteiger partial charge in [0.2, 0.25) is 5.89 Å². The van der Waals surface area contributed by atoms with Crippen LogP contribution in [0.15, 0.2) is 28.8 Å². The first-order valence-corrected chi connectivity index (χ1v) is 7.83. The Kier molecular flexibility index (Phi) is 4.70. The molecule has 0 saturated carbocycles. The van der Waals surface area contributed by atoms with Crippen LogP contribution >= 0.6 is 0 Å². The molecule has 2 aromatic rings. The van der Waals surface area contributed by atoms with E-state index in [1.165, 1.54) is 6.07 Å². The van der Waals surface area contributed by atoms with Gasteiger partial charge in [-0.05, 0) is 29.3 Å². The third-order valence-corrected chi connectivity index (χ3v) is 4.18. The molecule has 1 fully saturated rings. The Morgan fingerprint density at radius 3 is 2.76 bits per heavy atom. The van der Waals surface area contributed by atoms with Gasteiger partial charge in [0.25, 0.3) is 5.95 Å². The van der Waals surface area contributed by atoms with Crippen LogP contribution in [-0.4, -0.2) is 46.9 Å². The van der Waals surface area contributed by atoms with E-state index in [1.54, 1.807) is 25.1 Å². The zero-order valence-corrected chi connectivity index (χ0v) is 13.9. The number of benzene rings is 1. The highest BCUT2D eigenvalue weighted by atomic mass is 19.4. The van der Waals surface area contributed by atoms with Crippen LogP contribution in [0.1, 0.15) is 29.5 Å². The minimum atomic E-state index is -4.40. The van der Waals surface area contributed by atoms with Crippen LogP contribution in [0, 0.1) is 0 Å². The quantitative estimate of drug-likeness (QED) is 0.908. The lowest BCUT2D eigenvalue weighted by Gasteiger charge is -2.23. The number of rotatable bonds is 4. The molecule has 1 aromatic heterocycles. The van der Waals surface area contributed by atoms with Crippen molar-refractivity contribution >= 4 is 5.95 Å². The van der Waals surface area contributed by atoms with Gasteiger partial charge in [-0.3, -0.25) is 4.90 Å². The second kappa shape index (κ2) is 6.64. The maximum Gasteiger partial charge on any atom is 0.416 e. The van der Waals surface area contributed by atoms with Gasteiger partial charge < -0.3 is 14.5 Å². The van der Waals surface area contributed by atoms with E-state index in [2.05, 4.69) is 10.1 Å². The zero-order chi connectivity index (χ0) is 18.2. The lowest BCUT2D eigenvalue weighted by Crippen LogP contribution is -2.24. The van der Waals surface area contributed by atoms with Crippen molar-refractivity contribution in [3.05, 3.63) is 41.3 Å². The highest BCUT2D eigenvalue weighted by molar-refractivity contribution is 5.29. The molecule has 1 aromatic carbocycles. The first-order chi connectivity index (χ1) is 11.7. The summed E-state index contributed by atoms with van der Waals surface area (Å²) in [5.41, 5.74) is -0.183. The Morgan fingerprint density at radius 2 is 2.12 bits per heavy atom. The van der Waals surface area contributed by atoms with Crippen molar-refractivity contribution in [3.8, 4) is 0 Å². The minimum absolute atomic E-state index is 0.263. The molecule has 6 nitrogen and oxygen atoms in total. The van der Waals surface area contributed by atoms with Crippen molar-refractivity contribution in [3.63, 3.8) is 0 Å². The van der Waals surface area contributed by atoms with Gasteiger partial charge in [0, 0.05) is 26.7 Å². The van der Waals surface area contributed by atoms with Gasteiger partial charge in [-0.2, -0.15) is 18.2 Å². The smallest absolute Gasteiger partial charge is 0.392 e. The number of anilines is 1. The normalized spacial score (nSPS) is 21.7. The van der Waals surface area contributed by atoms with E-state index in [4.69, 9.17) is 4.52 Å². The van der Waals surface area contributed by atoms with E-state index in [1.807, 2.05) is 4.90 Å². The van der Waals surface area contributed by atoms with Gasteiger partial charge >= 0.3 is 6.18 Å². The van der Waals surface area contributed by atoms with Gasteiger partial charge in [-0.1, -0.05) is 12.1 Å². The van der Waals surface area contributed by atoms with Crippen molar-refractivity contribution < 1.29 is 22.8 Å². The summed E-state index contributed by atoms with van der Waals surface area (Å²) in [6.07, 6.45) is -4.66. The second-order valence-corrected chi connectivity index (χ2v) is 6.34. The molecule has 1 saturated heterocycles. The summed E-state index contributed by atoms with van der Waals surface area (Å²) < 4.78 is 44.0. The largest absolute Gasteiger partial charge is 0.416 e. The molecule has 9 heteroatoms. The zero-order valence-electron chi connectivity index (χ0n) is 13.9. The lowest BCUT2D eigenvalue weighted by molar-refractivity contribution is -0.137. The van der Waals surface area contributed by atoms with Gasteiger partial charge in [0.15, 0.2) is 0 Å². The number of hydrogen-bond donors (Lipinski definition) is 1. The fourth-order valence-corrected chi connectivity index (χ4v) is 2.99. The summed E-state index contributed by atoms with van der Waals surface area (Å²) in [5.74, 6) is 0.778. The number of aliphatic hydroxyl groups is 1. The minimum Gasteiger partial charge on any atom is -0.392 e. The lowest BCUT2D eigenvalue weighted by atomic mass is 10.0. The van der Waals surface area contributed by atoms with E-state index in [0.717, 1.165) is 12.1 Å². The topological polar surface area (TPSA) is 65.6 Å². The Morgan fingerprint density at radius 1 is 1.36 bits per heavy atom. The maximum absolute atomic E-state index is 13.0. The van der Waals surface area contributed by atoms with Crippen LogP contribution in [-0.2, 0) is 12.7 Å². The summed E-state index contributed by atoms with van der Waals surface area (Å²) in [6.45, 7) is 0.597. The molecule has 2 heterocycles. The van der Waals surface area contributed by atoms with E-state index in [0.29, 0.717) is 30.4 Å². The van der Waals surface area contributed by atoms with Crippen LogP contribution in [0.25, 0.3) is 0 Å². The summed E-state index contributed by atoms with van der Waals surface area (Å²) in [5, 5.41) is 13.8. The first kappa shape index (κ1) is 17.7. The Bertz CT molecular complexity index is 732. The number of hydrogen-bond acceptors (Lipinski definition) is 6. The molecular formula is C16H19F3N4O2. The molecule has 3 rings (SSSR count). The van der Waals surface area contributed by atoms with Crippen LogP contribution in [0.2, 0.25) is 0 Å². The fourth-order valence-electron chi connectivity index (χ4n) is 2.99. The van der Waals surface area contributed by atoms with Gasteiger partial charge in [0.05, 0.1) is 18.2 Å². The number of likely N-dealkylation sites (tertiary alicyclic amines) is 1. The van der Waals surface area contributed by atoms with E-state index >= 15 is 0 Å². The maximum atomic E-state index is 13.0. The molecule has 0 spiro atoms. The van der Waals surface area contributed by atoms with Crippen molar-refractivity contribution in [2.75, 3.05) is 25.5 Å². The molecular weight excluding hydrogens is 337 g/mol. The molecule has 1 N–H and O–H groups in total. The van der Waals surface area contributed by atoms with Gasteiger partial charge in [0.1, 0.15) is 0 Å². The molecule has 2 unspecified atom stereocenters. The van der Waals surface area contributed by atoms with Crippen LogP contribution in [0.4, 0.5) is 19.1 Å². The molecule has 0 bridgehead atoms. The summed E-state index contributed by atoms with van der Waals surface area (Å²) >= 11 is 0. The van der Waals surface area contributed by atoms with Crippen molar-refractivity contribution in [1.29, 1.82) is 0 Å². The highest BCUT2D eigenvalue weighted by Crippen LogP contribution is 2.36. The molecule has 1 aliphatic heterocycles. The Labute approximate surface area is 142 Å². The fraction of sp³-hybridized carbons (Fsp3) is 0.500. The molecule has 2 atom stereocenters. The van der Waals surface area contributed by atoms with Crippen LogP contribution in [0.3, 0.4) is 0 Å². The Balaban J connectivity index is 1.82. The predicted octanol–water partition coefficient (Wildman–Crippen LogP) is 2.46. The number of aromatic nitrogens is 2. The standard InChI is InChI=1S/C16H19F3N4O2/c1-22(2)15-20-14(25-21-15)9-23-8-12(24)7-13(23)10-4-3-5-11(6-10)16(17,18)19/h3-6,12-13,24H,7-9H2,1-2H3. The SMILES string of the molecule is CN(C)c1noc(CN2CC(O)CC2c2cccc(C(F)(F)F)c2)n1. The van der Waals surface area contributed by atoms with Crippen molar-refractivity contribution in [2.45, 2.75) is 31.3 Å². The van der Waals surface area contributed by atoms with Crippen molar-refractivity contribution in [2.24, 2.45) is 0 Å². The number of nitrogens with zero attached hydrogens (tertiary/aromatic N) is 4. The average Bonchev–Trinajstić information content (AvgIpc) is 3.14. The third kappa shape index (κ3) is 3.93. The number of halogens is 3. The van der Waals surface area contributed by atoms with Crippen molar-refractivity contribution in [1.82, 2.24) is 15.0 Å². The average molecular weight is 356 g/mol. The van der Waals surface area contributed by atoms with Crippen LogP contribution < -0.4 is 4.90 Å². The van der Waals surface area contributed by atoms with Crippen LogP contribution in [0.5, 0.6) is 0 Å². The number of alkyl halides is 3. The second-order valence-electron chi connectivity index (χ2n) is 6.34. The monoisotopic (exact) mass is 356 g/mol. The number of aliphatic hydroxyl groups excluding tert-OH is 1. The number of β-amino-alcohol motifs (C(OH)–C–C–N with tert-alkyl or cyclic N) is 1. The van der Waals surface area contributed by atoms with Gasteiger partial charge in [-0.25, -0.2) is 0 Å². The summed E-state index contributed by atoms with van der Waals surface area (Å²) in [7, 11) is 3.55. The molecule has 1 aliphatic rings. The molecule has 136 valence electrons. The summed E-state index contributed by atoms with van der Waals surface area (Å²) in [6, 6.07) is 4.86. The van der Waals surface area contributed by atoms with E-state index < -0.39 is 17.8 Å². The van der Waals surface area contributed by atoms with E-state index in [-0.39, 0.29) is 12.6 Å². The molecule has 0 aliphatic carbocycles. The molecule has 0 radical (unpaired) electrons. The molecule has 0 amide bonds. The van der Waals surface area contributed by atoms with E-state index in [9.17, 15) is 18.3 Å². The highest BCUT2D eigenvalue weighted by Gasteiger charge is 2.35. The first-order valence-electron chi connectivity index (χ1n) is 7.83. The van der Waals surface area contributed by atoms with Gasteiger partial charge in [-0.15, -0.1) is 0 Å². The predicted molar refractivity (Wildman–Crippen MR) is 83.8 cm³/mol. The Hall–Kier alpha value is -2.13. The third-order valence-electron chi connectivity index (χ3n) is 4.18.